The summed E-state index contributed by atoms with van der Waals surface area (Å²) in [6.07, 6.45) is 4.51. The minimum Gasteiger partial charge on any atom is -0.316 e. The van der Waals surface area contributed by atoms with Gasteiger partial charge in [0.05, 0.1) is 11.1 Å². The van der Waals surface area contributed by atoms with Crippen LogP contribution in [0.15, 0.2) is 164 Å². The summed E-state index contributed by atoms with van der Waals surface area (Å²) < 4.78 is 2.39. The van der Waals surface area contributed by atoms with E-state index in [-0.39, 0.29) is 0 Å². The monoisotopic (exact) mass is 505 g/mol. The fraction of sp³-hybridized carbons (Fsp3) is 0. The molecule has 0 radical (unpaired) electrons. The molecule has 0 aliphatic heterocycles. The van der Waals surface area contributed by atoms with E-state index in [0.29, 0.717) is 0 Å². The molecule has 6 rings (SSSR count). The van der Waals surface area contributed by atoms with Crippen molar-refractivity contribution in [2.45, 2.75) is 0 Å². The molecule has 2 heteroatoms. The average Bonchev–Trinajstić information content (AvgIpc) is 3.47. The van der Waals surface area contributed by atoms with Gasteiger partial charge in [-0.3, -0.25) is 0 Å². The maximum absolute atomic E-state index is 2.39. The molecule has 0 amide bonds. The third-order valence-electron chi connectivity index (χ3n) is 6.63. The van der Waals surface area contributed by atoms with Gasteiger partial charge in [0.25, 0.3) is 0 Å². The van der Waals surface area contributed by atoms with Crippen LogP contribution in [0.25, 0.3) is 17.3 Å². The number of hydrogen-bond donors (Lipinski definition) is 0. The Morgan fingerprint density at radius 2 is 1.03 bits per heavy atom. The summed E-state index contributed by atoms with van der Waals surface area (Å²) in [6, 6.07) is 56.3. The largest absolute Gasteiger partial charge is 0.316 e. The third-order valence-corrected chi connectivity index (χ3v) is 9.09. The Morgan fingerprint density at radius 1 is 0.500 bits per heavy atom. The van der Waals surface area contributed by atoms with Gasteiger partial charge < -0.3 is 4.57 Å². The van der Waals surface area contributed by atoms with Gasteiger partial charge in [-0.1, -0.05) is 140 Å². The van der Waals surface area contributed by atoms with Gasteiger partial charge in [-0.25, -0.2) is 0 Å². The summed E-state index contributed by atoms with van der Waals surface area (Å²) in [6.45, 7) is 0. The zero-order chi connectivity index (χ0) is 25.6. The van der Waals surface area contributed by atoms with Crippen LogP contribution in [0.2, 0.25) is 0 Å². The molecule has 38 heavy (non-hydrogen) atoms. The van der Waals surface area contributed by atoms with Gasteiger partial charge in [0.2, 0.25) is 0 Å². The number of para-hydroxylation sites is 1. The van der Waals surface area contributed by atoms with Gasteiger partial charge in [-0.2, -0.15) is 0 Å². The van der Waals surface area contributed by atoms with Gasteiger partial charge in [-0.15, -0.1) is 0 Å². The van der Waals surface area contributed by atoms with E-state index >= 15 is 0 Å². The Labute approximate surface area is 226 Å². The van der Waals surface area contributed by atoms with E-state index < -0.39 is 7.92 Å². The van der Waals surface area contributed by atoms with Gasteiger partial charge in [-0.05, 0) is 51.6 Å². The second kappa shape index (κ2) is 11.3. The van der Waals surface area contributed by atoms with E-state index in [0.717, 1.165) is 0 Å². The quantitative estimate of drug-likeness (QED) is 0.154. The third kappa shape index (κ3) is 5.02. The summed E-state index contributed by atoms with van der Waals surface area (Å²) >= 11 is 0. The first-order chi connectivity index (χ1) is 18.9. The van der Waals surface area contributed by atoms with E-state index in [1.807, 2.05) is 0 Å². The first-order valence-corrected chi connectivity index (χ1v) is 14.2. The molecule has 0 spiro atoms. The molecular formula is C36H28NP. The molecule has 1 heterocycles. The van der Waals surface area contributed by atoms with Crippen LogP contribution >= 0.6 is 7.92 Å². The Hall–Kier alpha value is -4.45. The van der Waals surface area contributed by atoms with E-state index in [9.17, 15) is 0 Å². The van der Waals surface area contributed by atoms with Crippen LogP contribution in [0.3, 0.4) is 0 Å². The first-order valence-electron chi connectivity index (χ1n) is 12.9. The predicted molar refractivity (Wildman–Crippen MR) is 164 cm³/mol. The van der Waals surface area contributed by atoms with Gasteiger partial charge in [0.15, 0.2) is 0 Å². The van der Waals surface area contributed by atoms with Crippen LogP contribution in [0, 0.1) is 0 Å². The van der Waals surface area contributed by atoms with E-state index in [4.69, 9.17) is 0 Å². The Balaban J connectivity index is 1.55. The van der Waals surface area contributed by atoms with Crippen LogP contribution < -0.4 is 16.0 Å². The van der Waals surface area contributed by atoms with Crippen molar-refractivity contribution in [1.82, 2.24) is 4.57 Å². The lowest BCUT2D eigenvalue weighted by molar-refractivity contribution is 1.11. The zero-order valence-electron chi connectivity index (χ0n) is 21.1. The number of hydrogen-bond acceptors (Lipinski definition) is 0. The maximum Gasteiger partial charge on any atom is 0.0549 e. The highest BCUT2D eigenvalue weighted by Crippen LogP contribution is 2.36. The lowest BCUT2D eigenvalue weighted by Crippen LogP contribution is -2.25. The molecule has 182 valence electrons. The molecule has 1 aromatic heterocycles. The fourth-order valence-electron chi connectivity index (χ4n) is 4.89. The van der Waals surface area contributed by atoms with Crippen molar-refractivity contribution in [3.63, 3.8) is 0 Å². The molecular weight excluding hydrogens is 477 g/mol. The topological polar surface area (TPSA) is 4.93 Å². The van der Waals surface area contributed by atoms with Crippen LogP contribution in [0.5, 0.6) is 0 Å². The molecule has 0 saturated heterocycles. The van der Waals surface area contributed by atoms with Gasteiger partial charge in [0.1, 0.15) is 0 Å². The Bertz CT molecular complexity index is 1600. The lowest BCUT2D eigenvalue weighted by Gasteiger charge is -2.23. The molecule has 6 aromatic rings. The fourth-order valence-corrected chi connectivity index (χ4v) is 7.28. The number of benzene rings is 5. The number of rotatable bonds is 7. The summed E-state index contributed by atoms with van der Waals surface area (Å²) in [5.74, 6) is 0. The van der Waals surface area contributed by atoms with Gasteiger partial charge >= 0.3 is 0 Å². The highest BCUT2D eigenvalue weighted by atomic mass is 31.1. The summed E-state index contributed by atoms with van der Waals surface area (Å²) in [4.78, 5) is 0. The molecule has 0 unspecified atom stereocenters. The van der Waals surface area contributed by atoms with Crippen molar-refractivity contribution in [2.24, 2.45) is 0 Å². The zero-order valence-corrected chi connectivity index (χ0v) is 22.0. The van der Waals surface area contributed by atoms with E-state index in [1.54, 1.807) is 0 Å². The molecule has 5 aromatic carbocycles. The van der Waals surface area contributed by atoms with Crippen molar-refractivity contribution >= 4 is 35.6 Å². The molecule has 0 atom stereocenters. The van der Waals surface area contributed by atoms with Crippen molar-refractivity contribution in [1.29, 1.82) is 0 Å². The predicted octanol–water partition coefficient (Wildman–Crippen LogP) is 7.82. The SMILES string of the molecule is C(=C(/c1ccccc1)c1ccccc1-n1cccc1P(c1ccccc1)c1ccccc1)/c1ccccc1. The second-order valence-corrected chi connectivity index (χ2v) is 11.3. The Morgan fingerprint density at radius 3 is 1.66 bits per heavy atom. The summed E-state index contributed by atoms with van der Waals surface area (Å²) in [7, 11) is -0.744. The standard InChI is InChI=1S/C36H28NP/c1-5-16-29(17-6-1)28-34(30-18-7-2-8-19-30)33-24-13-14-25-35(33)37-27-15-26-36(37)38(31-20-9-3-10-21-31)32-22-11-4-12-23-32/h1-28H/b34-28+. The average molecular weight is 506 g/mol. The molecule has 0 fully saturated rings. The van der Waals surface area contributed by atoms with E-state index in [2.05, 4.69) is 175 Å². The first kappa shape index (κ1) is 23.9. The van der Waals surface area contributed by atoms with Gasteiger partial charge in [0, 0.05) is 19.7 Å². The molecule has 0 aliphatic rings. The molecule has 0 aliphatic carbocycles. The molecule has 0 bridgehead atoms. The van der Waals surface area contributed by atoms with Crippen molar-refractivity contribution in [3.05, 3.63) is 181 Å². The number of aromatic nitrogens is 1. The van der Waals surface area contributed by atoms with Crippen molar-refractivity contribution in [2.75, 3.05) is 0 Å². The van der Waals surface area contributed by atoms with Crippen molar-refractivity contribution < 1.29 is 0 Å². The Kier molecular flexibility index (Phi) is 7.11. The lowest BCUT2D eigenvalue weighted by atomic mass is 9.94. The normalized spacial score (nSPS) is 11.6. The second-order valence-electron chi connectivity index (χ2n) is 9.09. The maximum atomic E-state index is 2.39. The minimum absolute atomic E-state index is 0.744. The minimum atomic E-state index is -0.744. The van der Waals surface area contributed by atoms with Crippen LogP contribution in [-0.4, -0.2) is 4.57 Å². The van der Waals surface area contributed by atoms with Crippen LogP contribution in [0.1, 0.15) is 16.7 Å². The van der Waals surface area contributed by atoms with E-state index in [1.165, 1.54) is 44.0 Å². The van der Waals surface area contributed by atoms with Crippen LogP contribution in [0.4, 0.5) is 0 Å². The van der Waals surface area contributed by atoms with Crippen LogP contribution in [-0.2, 0) is 0 Å². The smallest absolute Gasteiger partial charge is 0.0549 e. The van der Waals surface area contributed by atoms with Crippen molar-refractivity contribution in [3.8, 4) is 5.69 Å². The highest BCUT2D eigenvalue weighted by molar-refractivity contribution is 7.79. The summed E-state index contributed by atoms with van der Waals surface area (Å²) in [5, 5.41) is 2.68. The molecule has 1 nitrogen and oxygen atoms in total. The highest BCUT2D eigenvalue weighted by Gasteiger charge is 2.22. The molecule has 0 N–H and O–H groups in total. The number of nitrogens with zero attached hydrogens (tertiary/aromatic N) is 1. The summed E-state index contributed by atoms with van der Waals surface area (Å²) in [5.41, 5.74) is 7.28. The molecule has 0 saturated carbocycles.